The molecule has 0 fully saturated rings. The maximum Gasteiger partial charge on any atom is 0.136 e. The van der Waals surface area contributed by atoms with Crippen LogP contribution in [-0.2, 0) is 20.1 Å². The fraction of sp³-hybridized carbons (Fsp3) is 0.250. The number of aromatic nitrogens is 3. The van der Waals surface area contributed by atoms with Crippen LogP contribution in [-0.4, -0.2) is 22.6 Å². The molecule has 4 aromatic heterocycles. The predicted octanol–water partition coefficient (Wildman–Crippen LogP) is 20.3. The smallest absolute Gasteiger partial charge is 0.136 e. The van der Waals surface area contributed by atoms with Crippen LogP contribution in [0.15, 0.2) is 173 Å². The first-order valence-corrected chi connectivity index (χ1v) is 31.5. The summed E-state index contributed by atoms with van der Waals surface area (Å²) >= 11 is 0. The van der Waals surface area contributed by atoms with Gasteiger partial charge in [-0.2, -0.15) is 0 Å². The summed E-state index contributed by atoms with van der Waals surface area (Å²) in [7, 11) is -1.23. The number of pyridine rings is 1. The van der Waals surface area contributed by atoms with E-state index >= 15 is 0 Å². The first-order valence-electron chi connectivity index (χ1n) is 28.0. The van der Waals surface area contributed by atoms with Crippen molar-refractivity contribution in [2.24, 2.45) is 0 Å². The molecule has 1 radical (unpaired) electrons. The van der Waals surface area contributed by atoms with Crippen LogP contribution in [0.25, 0.3) is 105 Å². The van der Waals surface area contributed by atoms with Gasteiger partial charge in [-0.05, 0) is 133 Å². The molecule has 0 aliphatic carbocycles. The van der Waals surface area contributed by atoms with Gasteiger partial charge in [0.2, 0.25) is 0 Å². The molecular formula is C72H71IrN3O2Si-2. The molecule has 0 spiro atoms. The number of imidazole rings is 1. The average Bonchev–Trinajstić information content (AvgIpc) is 4.36. The Morgan fingerprint density at radius 3 is 1.71 bits per heavy atom. The van der Waals surface area contributed by atoms with Gasteiger partial charge in [0.05, 0.1) is 30.5 Å². The van der Waals surface area contributed by atoms with Gasteiger partial charge in [-0.25, -0.2) is 0 Å². The molecule has 0 unspecified atom stereocenters. The van der Waals surface area contributed by atoms with E-state index in [0.717, 1.165) is 77.6 Å². The van der Waals surface area contributed by atoms with E-state index in [-0.39, 0.29) is 31.9 Å². The maximum absolute atomic E-state index is 6.86. The molecule has 5 nitrogen and oxygen atoms in total. The van der Waals surface area contributed by atoms with E-state index in [2.05, 4.69) is 226 Å². The second-order valence-corrected chi connectivity index (χ2v) is 28.9. The largest absolute Gasteiger partial charge is 0.501 e. The molecule has 0 bridgehead atoms. The van der Waals surface area contributed by atoms with Gasteiger partial charge in [0, 0.05) is 48.1 Å². The van der Waals surface area contributed by atoms with Crippen LogP contribution in [0, 0.1) is 12.1 Å². The van der Waals surface area contributed by atoms with Crippen molar-refractivity contribution in [2.75, 3.05) is 0 Å². The van der Waals surface area contributed by atoms with E-state index in [1.165, 1.54) is 60.9 Å². The fourth-order valence-electron chi connectivity index (χ4n) is 11.2. The maximum atomic E-state index is 6.86. The predicted molar refractivity (Wildman–Crippen MR) is 333 cm³/mol. The van der Waals surface area contributed by atoms with Crippen molar-refractivity contribution in [3.8, 4) is 50.6 Å². The number of rotatable bonds is 11. The fourth-order valence-corrected chi connectivity index (χ4v) is 12.2. The SMILES string of the molecule is CC(C)c1cc(C(C)C)c(-c2ccc(-c3cc(C(C)C)c(-n4c(-c5[c-]ccc6c5oc5cc7c(cc56)oc5ccccc57)nc5ccccc54)c(C(C)C)c3)cc2)c(C(C)C)c1.C[Si](C)(C)c1ccc(-c2[c-]cccc2)nc1.[Ir]. The van der Waals surface area contributed by atoms with Gasteiger partial charge in [0.25, 0.3) is 0 Å². The number of fused-ring (bicyclic) bond motifs is 7. The minimum atomic E-state index is -1.23. The van der Waals surface area contributed by atoms with E-state index < -0.39 is 8.07 Å². The van der Waals surface area contributed by atoms with E-state index in [4.69, 9.17) is 13.8 Å². The second-order valence-electron chi connectivity index (χ2n) is 23.8. The monoisotopic (exact) mass is 1230 g/mol. The van der Waals surface area contributed by atoms with Gasteiger partial charge in [-0.1, -0.05) is 179 Å². The zero-order chi connectivity index (χ0) is 54.7. The molecular weight excluding hydrogens is 1160 g/mol. The Morgan fingerprint density at radius 2 is 1.10 bits per heavy atom. The molecule has 7 heteroatoms. The molecule has 4 heterocycles. The summed E-state index contributed by atoms with van der Waals surface area (Å²) in [5.74, 6) is 2.60. The van der Waals surface area contributed by atoms with E-state index in [1.54, 1.807) is 0 Å². The van der Waals surface area contributed by atoms with Crippen LogP contribution in [0.3, 0.4) is 0 Å². The van der Waals surface area contributed by atoms with Crippen molar-refractivity contribution >= 4 is 68.2 Å². The summed E-state index contributed by atoms with van der Waals surface area (Å²) in [5, 5.41) is 5.55. The van der Waals surface area contributed by atoms with Crippen molar-refractivity contribution in [3.63, 3.8) is 0 Å². The van der Waals surface area contributed by atoms with Crippen LogP contribution in [0.5, 0.6) is 0 Å². The number of hydrogen-bond donors (Lipinski definition) is 0. The van der Waals surface area contributed by atoms with Crippen LogP contribution in [0.4, 0.5) is 0 Å². The zero-order valence-corrected chi connectivity index (χ0v) is 51.4. The van der Waals surface area contributed by atoms with Crippen molar-refractivity contribution in [2.45, 2.75) is 118 Å². The quantitative estimate of drug-likeness (QED) is 0.0956. The third-order valence-electron chi connectivity index (χ3n) is 15.6. The van der Waals surface area contributed by atoms with Gasteiger partial charge in [-0.3, -0.25) is 4.98 Å². The Labute approximate surface area is 481 Å². The van der Waals surface area contributed by atoms with Crippen molar-refractivity contribution < 1.29 is 28.9 Å². The third kappa shape index (κ3) is 10.5. The molecule has 79 heavy (non-hydrogen) atoms. The number of nitrogens with zero attached hydrogens (tertiary/aromatic N) is 3. The van der Waals surface area contributed by atoms with Crippen LogP contribution < -0.4 is 5.19 Å². The van der Waals surface area contributed by atoms with Gasteiger partial charge in [-0.15, -0.1) is 54.1 Å². The molecule has 0 N–H and O–H groups in total. The van der Waals surface area contributed by atoms with Crippen LogP contribution in [0.1, 0.15) is 127 Å². The van der Waals surface area contributed by atoms with Crippen LogP contribution in [0.2, 0.25) is 19.6 Å². The van der Waals surface area contributed by atoms with Crippen molar-refractivity contribution in [1.29, 1.82) is 0 Å². The Balaban J connectivity index is 0.000000356. The molecule has 0 saturated heterocycles. The topological polar surface area (TPSA) is 57.0 Å². The Hall–Kier alpha value is -7.15. The summed E-state index contributed by atoms with van der Waals surface area (Å²) in [5.41, 5.74) is 21.3. The number of benzene rings is 8. The molecule has 0 saturated carbocycles. The van der Waals surface area contributed by atoms with Crippen molar-refractivity contribution in [1.82, 2.24) is 14.5 Å². The van der Waals surface area contributed by atoms with Gasteiger partial charge in [0.1, 0.15) is 16.7 Å². The third-order valence-corrected chi connectivity index (χ3v) is 17.6. The molecule has 12 aromatic rings. The molecule has 12 rings (SSSR count). The molecule has 401 valence electrons. The standard InChI is InChI=1S/C58H55N2O2.C14H16NSi.Ir/c1-32(2)39-26-44(33(3)4)55(45(27-39)34(5)6)38-24-22-37(23-25-38)40-28-46(35(7)8)56(47(29-40)36(9)10)60-51-20-13-12-19-50(51)59-58(60)43-18-15-17-42-49-31-53-48(30-54(49)62-57(42)43)41-16-11-14-21-52(41)61-53;1-16(2,3)13-9-10-14(15-11-13)12-7-5-4-6-8-12;/h11-17,19-36H,1-10H3;4-7,9-11H,1-3H3;/q2*-1;. The Bertz CT molecular complexity index is 4090. The van der Waals surface area contributed by atoms with Gasteiger partial charge in [0.15, 0.2) is 0 Å². The molecule has 0 aliphatic rings. The van der Waals surface area contributed by atoms with E-state index in [1.807, 2.05) is 48.7 Å². The zero-order valence-electron chi connectivity index (χ0n) is 48.0. The minimum absolute atomic E-state index is 0. The van der Waals surface area contributed by atoms with Crippen LogP contribution >= 0.6 is 0 Å². The Kier molecular flexibility index (Phi) is 15.5. The molecule has 0 aliphatic heterocycles. The van der Waals surface area contributed by atoms with E-state index in [0.29, 0.717) is 17.8 Å². The number of para-hydroxylation sites is 3. The molecule has 8 aromatic carbocycles. The summed E-state index contributed by atoms with van der Waals surface area (Å²) in [4.78, 5) is 9.91. The Morgan fingerprint density at radius 1 is 0.494 bits per heavy atom. The summed E-state index contributed by atoms with van der Waals surface area (Å²) in [6, 6.07) is 63.2. The van der Waals surface area contributed by atoms with Gasteiger partial charge < -0.3 is 18.4 Å². The first-order chi connectivity index (χ1) is 37.4. The first kappa shape index (κ1) is 55.2. The van der Waals surface area contributed by atoms with Crippen molar-refractivity contribution in [3.05, 3.63) is 204 Å². The molecule has 0 amide bonds. The summed E-state index contributed by atoms with van der Waals surface area (Å²) < 4.78 is 15.6. The summed E-state index contributed by atoms with van der Waals surface area (Å²) in [6.07, 6.45) is 2.02. The average molecular weight is 1230 g/mol. The second kappa shape index (κ2) is 22.2. The van der Waals surface area contributed by atoms with E-state index in [9.17, 15) is 0 Å². The molecule has 0 atom stereocenters. The number of hydrogen-bond acceptors (Lipinski definition) is 4. The number of furan rings is 2. The normalized spacial score (nSPS) is 12.1. The summed E-state index contributed by atoms with van der Waals surface area (Å²) in [6.45, 7) is 30.1. The minimum Gasteiger partial charge on any atom is -0.501 e. The van der Waals surface area contributed by atoms with Gasteiger partial charge >= 0.3 is 0 Å².